The lowest BCUT2D eigenvalue weighted by Gasteiger charge is -2.12. The molecular weight excluding hydrogens is 328 g/mol. The van der Waals surface area contributed by atoms with Gasteiger partial charge in [0.15, 0.2) is 0 Å². The highest BCUT2D eigenvalue weighted by molar-refractivity contribution is 5.85. The van der Waals surface area contributed by atoms with Gasteiger partial charge in [-0.3, -0.25) is 0 Å². The maximum Gasteiger partial charge on any atom is 0.318 e. The molecule has 2 aromatic heterocycles. The number of hydrogen-bond donors (Lipinski definition) is 1. The quantitative estimate of drug-likeness (QED) is 0.737. The summed E-state index contributed by atoms with van der Waals surface area (Å²) in [6.07, 6.45) is 3.87. The molecule has 3 aromatic rings. The van der Waals surface area contributed by atoms with E-state index in [-0.39, 0.29) is 12.4 Å². The minimum Gasteiger partial charge on any atom is -0.407 e. The van der Waals surface area contributed by atoms with Gasteiger partial charge in [0.05, 0.1) is 25.0 Å². The van der Waals surface area contributed by atoms with E-state index in [1.807, 2.05) is 48.2 Å². The second-order valence-corrected chi connectivity index (χ2v) is 5.44. The molecule has 0 spiro atoms. The molecule has 1 aromatic carbocycles. The summed E-state index contributed by atoms with van der Waals surface area (Å²) >= 11 is 0. The molecule has 0 aliphatic rings. The van der Waals surface area contributed by atoms with Crippen LogP contribution in [0.25, 0.3) is 5.69 Å². The highest BCUT2D eigenvalue weighted by atomic mass is 35.5. The summed E-state index contributed by atoms with van der Waals surface area (Å²) in [6.45, 7) is 3.28. The molecule has 8 heteroatoms. The van der Waals surface area contributed by atoms with Crippen molar-refractivity contribution in [1.82, 2.24) is 25.3 Å². The molecule has 0 radical (unpaired) electrons. The minimum absolute atomic E-state index is 0. The Balaban J connectivity index is 0.00000208. The van der Waals surface area contributed by atoms with Crippen molar-refractivity contribution in [2.75, 3.05) is 19.0 Å². The van der Waals surface area contributed by atoms with Gasteiger partial charge in [-0.2, -0.15) is 5.10 Å². The highest BCUT2D eigenvalue weighted by Crippen LogP contribution is 2.16. The zero-order valence-corrected chi connectivity index (χ0v) is 14.7. The van der Waals surface area contributed by atoms with Crippen molar-refractivity contribution >= 4 is 18.4 Å². The summed E-state index contributed by atoms with van der Waals surface area (Å²) < 4.78 is 7.47. The Bertz CT molecular complexity index is 784. The van der Waals surface area contributed by atoms with Gasteiger partial charge in [0, 0.05) is 18.8 Å². The van der Waals surface area contributed by atoms with Crippen LogP contribution in [0, 0.1) is 6.92 Å². The molecule has 0 aliphatic heterocycles. The van der Waals surface area contributed by atoms with E-state index in [0.29, 0.717) is 25.0 Å². The highest BCUT2D eigenvalue weighted by Gasteiger charge is 2.12. The monoisotopic (exact) mass is 348 g/mol. The largest absolute Gasteiger partial charge is 0.407 e. The van der Waals surface area contributed by atoms with Gasteiger partial charge in [-0.1, -0.05) is 23.3 Å². The summed E-state index contributed by atoms with van der Waals surface area (Å²) in [5, 5.41) is 15.5. The molecule has 0 saturated heterocycles. The Morgan fingerprint density at radius 1 is 1.25 bits per heavy atom. The van der Waals surface area contributed by atoms with E-state index >= 15 is 0 Å². The van der Waals surface area contributed by atoms with Crippen LogP contribution in [0.15, 0.2) is 41.1 Å². The Labute approximate surface area is 147 Å². The number of aryl methyl sites for hydroxylation is 1. The molecule has 2 heterocycles. The first-order valence-electron chi connectivity index (χ1n) is 7.45. The molecule has 3 rings (SSSR count). The van der Waals surface area contributed by atoms with E-state index in [9.17, 15) is 0 Å². The van der Waals surface area contributed by atoms with Crippen molar-refractivity contribution in [2.24, 2.45) is 0 Å². The maximum atomic E-state index is 5.58. The molecule has 0 saturated carbocycles. The Morgan fingerprint density at radius 2 is 2.04 bits per heavy atom. The molecule has 0 fully saturated rings. The predicted molar refractivity (Wildman–Crippen MR) is 94.7 cm³/mol. The molecule has 0 bridgehead atoms. The van der Waals surface area contributed by atoms with Crippen LogP contribution in [-0.4, -0.2) is 34.1 Å². The van der Waals surface area contributed by atoms with E-state index in [4.69, 9.17) is 4.42 Å². The number of rotatable bonds is 6. The van der Waals surface area contributed by atoms with E-state index in [0.717, 1.165) is 11.3 Å². The van der Waals surface area contributed by atoms with Gasteiger partial charge in [0.1, 0.15) is 0 Å². The van der Waals surface area contributed by atoms with Crippen molar-refractivity contribution in [3.8, 4) is 5.69 Å². The third-order valence-electron chi connectivity index (χ3n) is 3.53. The van der Waals surface area contributed by atoms with Crippen LogP contribution in [-0.2, 0) is 13.1 Å². The van der Waals surface area contributed by atoms with Gasteiger partial charge in [0.2, 0.25) is 5.89 Å². The molecule has 0 atom stereocenters. The van der Waals surface area contributed by atoms with Crippen LogP contribution in [0.4, 0.5) is 6.01 Å². The summed E-state index contributed by atoms with van der Waals surface area (Å²) in [4.78, 5) is 1.91. The van der Waals surface area contributed by atoms with Gasteiger partial charge >= 0.3 is 6.01 Å². The first-order valence-corrected chi connectivity index (χ1v) is 7.45. The average Bonchev–Trinajstić information content (AvgIpc) is 3.18. The van der Waals surface area contributed by atoms with Crippen molar-refractivity contribution in [3.05, 3.63) is 53.7 Å². The van der Waals surface area contributed by atoms with E-state index in [2.05, 4.69) is 39.7 Å². The fourth-order valence-electron chi connectivity index (χ4n) is 2.36. The number of aromatic nitrogens is 4. The van der Waals surface area contributed by atoms with Crippen LogP contribution in [0.2, 0.25) is 0 Å². The maximum absolute atomic E-state index is 5.58. The summed E-state index contributed by atoms with van der Waals surface area (Å²) in [7, 11) is 3.76. The van der Waals surface area contributed by atoms with E-state index in [1.54, 1.807) is 0 Å². The Hall–Kier alpha value is -2.38. The average molecular weight is 349 g/mol. The van der Waals surface area contributed by atoms with Crippen molar-refractivity contribution in [3.63, 3.8) is 0 Å². The number of nitrogens with one attached hydrogen (secondary N) is 1. The lowest BCUT2D eigenvalue weighted by Crippen LogP contribution is -2.16. The fraction of sp³-hybridized carbons (Fsp3) is 0.312. The number of hydrogen-bond acceptors (Lipinski definition) is 6. The van der Waals surface area contributed by atoms with Crippen LogP contribution >= 0.6 is 12.4 Å². The molecular formula is C16H21ClN6O. The lowest BCUT2D eigenvalue weighted by molar-refractivity contribution is 0.475. The number of para-hydroxylation sites is 1. The molecule has 0 aliphatic carbocycles. The number of benzene rings is 1. The van der Waals surface area contributed by atoms with Gasteiger partial charge in [-0.05, 0) is 25.6 Å². The number of nitrogens with zero attached hydrogens (tertiary/aromatic N) is 5. The third-order valence-corrected chi connectivity index (χ3v) is 3.53. The van der Waals surface area contributed by atoms with Crippen LogP contribution < -0.4 is 10.2 Å². The lowest BCUT2D eigenvalue weighted by atomic mass is 10.2. The molecule has 0 unspecified atom stereocenters. The second kappa shape index (κ2) is 7.94. The number of anilines is 1. The molecule has 128 valence electrons. The molecule has 24 heavy (non-hydrogen) atoms. The van der Waals surface area contributed by atoms with Gasteiger partial charge in [-0.25, -0.2) is 4.68 Å². The minimum atomic E-state index is 0. The van der Waals surface area contributed by atoms with Gasteiger partial charge in [-0.15, -0.1) is 17.5 Å². The van der Waals surface area contributed by atoms with Crippen molar-refractivity contribution < 1.29 is 4.42 Å². The van der Waals surface area contributed by atoms with Crippen LogP contribution in [0.3, 0.4) is 0 Å². The van der Waals surface area contributed by atoms with Gasteiger partial charge in [0.25, 0.3) is 0 Å². The van der Waals surface area contributed by atoms with E-state index < -0.39 is 0 Å². The van der Waals surface area contributed by atoms with Crippen LogP contribution in [0.5, 0.6) is 0 Å². The Kier molecular flexibility index (Phi) is 5.94. The SMILES string of the molecule is CNCc1nnc(N(C)Cc2cnn(-c3ccccc3C)c2)o1.Cl. The van der Waals surface area contributed by atoms with Crippen molar-refractivity contribution in [2.45, 2.75) is 20.0 Å². The smallest absolute Gasteiger partial charge is 0.318 e. The van der Waals surface area contributed by atoms with Gasteiger partial charge < -0.3 is 14.6 Å². The number of halogens is 1. The van der Waals surface area contributed by atoms with E-state index in [1.165, 1.54) is 5.56 Å². The van der Waals surface area contributed by atoms with Crippen molar-refractivity contribution in [1.29, 1.82) is 0 Å². The fourth-order valence-corrected chi connectivity index (χ4v) is 2.36. The zero-order chi connectivity index (χ0) is 16.2. The summed E-state index contributed by atoms with van der Waals surface area (Å²) in [5.74, 6) is 0.574. The second-order valence-electron chi connectivity index (χ2n) is 5.44. The first kappa shape index (κ1) is 18.0. The first-order chi connectivity index (χ1) is 11.2. The standard InChI is InChI=1S/C16H20N6O.ClH/c1-12-6-4-5-7-14(12)22-11-13(8-18-22)10-21(3)16-20-19-15(23-16)9-17-2;/h4-8,11,17H,9-10H2,1-3H3;1H. The normalized spacial score (nSPS) is 10.5. The zero-order valence-electron chi connectivity index (χ0n) is 13.9. The molecule has 7 nitrogen and oxygen atoms in total. The third kappa shape index (κ3) is 3.93. The Morgan fingerprint density at radius 3 is 2.79 bits per heavy atom. The summed E-state index contributed by atoms with van der Waals surface area (Å²) in [5.41, 5.74) is 3.34. The molecule has 1 N–H and O–H groups in total. The predicted octanol–water partition coefficient (Wildman–Crippen LogP) is 2.34. The topological polar surface area (TPSA) is 72.0 Å². The van der Waals surface area contributed by atoms with Crippen LogP contribution in [0.1, 0.15) is 17.0 Å². The summed E-state index contributed by atoms with van der Waals surface area (Å²) in [6, 6.07) is 8.66. The molecule has 0 amide bonds.